The lowest BCUT2D eigenvalue weighted by atomic mass is 10.2. The molecule has 1 aromatic heterocycles. The first-order valence-corrected chi connectivity index (χ1v) is 6.52. The Morgan fingerprint density at radius 1 is 1.27 bits per heavy atom. The van der Waals surface area contributed by atoms with Gasteiger partial charge in [-0.05, 0) is 24.3 Å². The number of rotatable bonds is 4. The maximum absolute atomic E-state index is 13.8. The summed E-state index contributed by atoms with van der Waals surface area (Å²) < 4.78 is 29.1. The smallest absolute Gasteiger partial charge is 0.341 e. The van der Waals surface area contributed by atoms with Crippen molar-refractivity contribution >= 4 is 17.1 Å². The van der Waals surface area contributed by atoms with Crippen molar-refractivity contribution in [3.05, 3.63) is 59.7 Å². The Morgan fingerprint density at radius 3 is 2.82 bits per heavy atom. The summed E-state index contributed by atoms with van der Waals surface area (Å²) >= 11 is 0. The number of aromatic nitrogens is 1. The number of methoxy groups -OCH3 is 1. The molecule has 0 aliphatic heterocycles. The van der Waals surface area contributed by atoms with Gasteiger partial charge in [0.25, 0.3) is 0 Å². The second-order valence-corrected chi connectivity index (χ2v) is 4.50. The van der Waals surface area contributed by atoms with E-state index in [2.05, 4.69) is 4.98 Å². The third-order valence-electron chi connectivity index (χ3n) is 3.06. The lowest BCUT2D eigenvalue weighted by Gasteiger charge is -2.05. The fraction of sp³-hybridized carbons (Fsp3) is 0.125. The predicted octanol–water partition coefficient (Wildman–Crippen LogP) is 3.33. The van der Waals surface area contributed by atoms with Gasteiger partial charge in [-0.25, -0.2) is 14.2 Å². The van der Waals surface area contributed by atoms with E-state index in [-0.39, 0.29) is 18.1 Å². The zero-order valence-corrected chi connectivity index (χ0v) is 11.7. The molecule has 5 nitrogen and oxygen atoms in total. The average Bonchev–Trinajstić information content (AvgIpc) is 2.95. The number of nitrogens with zero attached hydrogens (tertiary/aromatic N) is 1. The van der Waals surface area contributed by atoms with Gasteiger partial charge in [-0.3, -0.25) is 0 Å². The van der Waals surface area contributed by atoms with Crippen LogP contribution in [0.3, 0.4) is 0 Å². The first kappa shape index (κ1) is 14.1. The van der Waals surface area contributed by atoms with E-state index in [0.29, 0.717) is 16.8 Å². The SMILES string of the molecule is COc1ccc(C(=O)OCc2nc3ccccc3o2)c(F)c1. The van der Waals surface area contributed by atoms with Crippen LogP contribution in [0.2, 0.25) is 0 Å². The minimum absolute atomic E-state index is 0.168. The van der Waals surface area contributed by atoms with Gasteiger partial charge in [-0.1, -0.05) is 12.1 Å². The fourth-order valence-electron chi connectivity index (χ4n) is 1.98. The highest BCUT2D eigenvalue weighted by atomic mass is 19.1. The van der Waals surface area contributed by atoms with Crippen molar-refractivity contribution in [2.45, 2.75) is 6.61 Å². The molecule has 0 radical (unpaired) electrons. The van der Waals surface area contributed by atoms with E-state index >= 15 is 0 Å². The molecule has 0 atom stereocenters. The molecule has 0 unspecified atom stereocenters. The summed E-state index contributed by atoms with van der Waals surface area (Å²) in [5, 5.41) is 0. The third-order valence-corrected chi connectivity index (χ3v) is 3.06. The van der Waals surface area contributed by atoms with Crippen molar-refractivity contribution in [2.24, 2.45) is 0 Å². The molecule has 0 bridgehead atoms. The highest BCUT2D eigenvalue weighted by Crippen LogP contribution is 2.19. The molecule has 3 rings (SSSR count). The van der Waals surface area contributed by atoms with Gasteiger partial charge in [0.15, 0.2) is 12.2 Å². The maximum Gasteiger partial charge on any atom is 0.341 e. The predicted molar refractivity (Wildman–Crippen MR) is 76.1 cm³/mol. The van der Waals surface area contributed by atoms with Crippen LogP contribution in [0.4, 0.5) is 4.39 Å². The first-order chi connectivity index (χ1) is 10.7. The van der Waals surface area contributed by atoms with Gasteiger partial charge in [0.2, 0.25) is 5.89 Å². The van der Waals surface area contributed by atoms with Crippen LogP contribution in [0.15, 0.2) is 46.9 Å². The molecular formula is C16H12FNO4. The van der Waals surface area contributed by atoms with Crippen molar-refractivity contribution < 1.29 is 23.1 Å². The number of oxazole rings is 1. The number of carbonyl (C=O) groups is 1. The van der Waals surface area contributed by atoms with Crippen molar-refractivity contribution in [3.8, 4) is 5.75 Å². The van der Waals surface area contributed by atoms with Gasteiger partial charge in [-0.15, -0.1) is 0 Å². The minimum Gasteiger partial charge on any atom is -0.497 e. The number of halogens is 1. The van der Waals surface area contributed by atoms with Crippen LogP contribution in [0, 0.1) is 5.82 Å². The van der Waals surface area contributed by atoms with Crippen LogP contribution in [0.1, 0.15) is 16.2 Å². The molecule has 1 heterocycles. The zero-order valence-electron chi connectivity index (χ0n) is 11.7. The number of ether oxygens (including phenoxy) is 2. The van der Waals surface area contributed by atoms with Crippen molar-refractivity contribution in [1.82, 2.24) is 4.98 Å². The summed E-state index contributed by atoms with van der Waals surface area (Å²) in [4.78, 5) is 16.1. The molecule has 0 spiro atoms. The summed E-state index contributed by atoms with van der Waals surface area (Å²) in [6.07, 6.45) is 0. The Bertz CT molecular complexity index is 795. The second kappa shape index (κ2) is 5.85. The van der Waals surface area contributed by atoms with Crippen LogP contribution in [-0.4, -0.2) is 18.1 Å². The van der Waals surface area contributed by atoms with Gasteiger partial charge in [0.1, 0.15) is 17.1 Å². The Hall–Kier alpha value is -2.89. The van der Waals surface area contributed by atoms with E-state index in [1.807, 2.05) is 12.1 Å². The molecule has 6 heteroatoms. The Morgan fingerprint density at radius 2 is 2.09 bits per heavy atom. The Balaban J connectivity index is 1.71. The van der Waals surface area contributed by atoms with Crippen molar-refractivity contribution in [1.29, 1.82) is 0 Å². The van der Waals surface area contributed by atoms with Crippen molar-refractivity contribution in [3.63, 3.8) is 0 Å². The van der Waals surface area contributed by atoms with Crippen LogP contribution in [0.5, 0.6) is 5.75 Å². The normalized spacial score (nSPS) is 10.6. The van der Waals surface area contributed by atoms with E-state index in [0.717, 1.165) is 6.07 Å². The molecule has 0 N–H and O–H groups in total. The van der Waals surface area contributed by atoms with Gasteiger partial charge in [-0.2, -0.15) is 0 Å². The number of hydrogen-bond acceptors (Lipinski definition) is 5. The fourth-order valence-corrected chi connectivity index (χ4v) is 1.98. The molecule has 2 aromatic carbocycles. The molecular weight excluding hydrogens is 289 g/mol. The lowest BCUT2D eigenvalue weighted by molar-refractivity contribution is 0.0435. The summed E-state index contributed by atoms with van der Waals surface area (Å²) in [6, 6.07) is 11.1. The van der Waals surface area contributed by atoms with Crippen LogP contribution < -0.4 is 4.74 Å². The minimum atomic E-state index is -0.789. The molecule has 0 saturated heterocycles. The van der Waals surface area contributed by atoms with Gasteiger partial charge in [0, 0.05) is 6.07 Å². The Labute approximate surface area is 125 Å². The number of esters is 1. The monoisotopic (exact) mass is 301 g/mol. The Kier molecular flexibility index (Phi) is 3.74. The second-order valence-electron chi connectivity index (χ2n) is 4.50. The van der Waals surface area contributed by atoms with E-state index in [4.69, 9.17) is 13.9 Å². The molecule has 22 heavy (non-hydrogen) atoms. The molecule has 0 amide bonds. The number of fused-ring (bicyclic) bond motifs is 1. The van der Waals surface area contributed by atoms with Crippen molar-refractivity contribution in [2.75, 3.05) is 7.11 Å². The standard InChI is InChI=1S/C16H12FNO4/c1-20-10-6-7-11(12(17)8-10)16(19)21-9-15-18-13-4-2-3-5-14(13)22-15/h2-8H,9H2,1H3. The van der Waals surface area contributed by atoms with Gasteiger partial charge >= 0.3 is 5.97 Å². The quantitative estimate of drug-likeness (QED) is 0.692. The number of carbonyl (C=O) groups excluding carboxylic acids is 1. The van der Waals surface area contributed by atoms with E-state index < -0.39 is 11.8 Å². The molecule has 3 aromatic rings. The lowest BCUT2D eigenvalue weighted by Crippen LogP contribution is -2.08. The molecule has 0 aliphatic carbocycles. The number of para-hydroxylation sites is 2. The summed E-state index contributed by atoms with van der Waals surface area (Å²) in [5.74, 6) is -0.916. The van der Waals surface area contributed by atoms with Crippen LogP contribution in [-0.2, 0) is 11.3 Å². The number of benzene rings is 2. The molecule has 0 fully saturated rings. The van der Waals surface area contributed by atoms with Gasteiger partial charge in [0.05, 0.1) is 12.7 Å². The highest BCUT2D eigenvalue weighted by molar-refractivity contribution is 5.89. The molecule has 0 aliphatic rings. The summed E-state index contributed by atoms with van der Waals surface area (Å²) in [6.45, 7) is -0.168. The van der Waals surface area contributed by atoms with E-state index in [1.165, 1.54) is 19.2 Å². The highest BCUT2D eigenvalue weighted by Gasteiger charge is 2.15. The number of hydrogen-bond donors (Lipinski definition) is 0. The molecule has 0 saturated carbocycles. The van der Waals surface area contributed by atoms with E-state index in [1.54, 1.807) is 12.1 Å². The summed E-state index contributed by atoms with van der Waals surface area (Å²) in [7, 11) is 1.42. The van der Waals surface area contributed by atoms with Crippen LogP contribution in [0.25, 0.3) is 11.1 Å². The van der Waals surface area contributed by atoms with Gasteiger partial charge < -0.3 is 13.9 Å². The van der Waals surface area contributed by atoms with Crippen LogP contribution >= 0.6 is 0 Å². The third kappa shape index (κ3) is 2.76. The first-order valence-electron chi connectivity index (χ1n) is 6.52. The summed E-state index contributed by atoms with van der Waals surface area (Å²) in [5.41, 5.74) is 1.10. The van der Waals surface area contributed by atoms with E-state index in [9.17, 15) is 9.18 Å². The largest absolute Gasteiger partial charge is 0.497 e. The maximum atomic E-state index is 13.8. The topological polar surface area (TPSA) is 61.6 Å². The molecule has 112 valence electrons. The average molecular weight is 301 g/mol. The zero-order chi connectivity index (χ0) is 15.5.